The van der Waals surface area contributed by atoms with Gasteiger partial charge in [-0.2, -0.15) is 0 Å². The van der Waals surface area contributed by atoms with Crippen LogP contribution in [-0.4, -0.2) is 0 Å². The number of rotatable bonds is 18. The van der Waals surface area contributed by atoms with E-state index in [1.807, 2.05) is 57.2 Å². The molecule has 0 bridgehead atoms. The fraction of sp³-hybridized carbons (Fsp3) is 0.538. The molecule has 0 amide bonds. The first-order chi connectivity index (χ1) is 25.2. The minimum absolute atomic E-state index is 0. The van der Waals surface area contributed by atoms with Gasteiger partial charge in [0, 0.05) is 21.1 Å². The van der Waals surface area contributed by atoms with Crippen LogP contribution in [0.25, 0.3) is 0 Å². The molecule has 0 aliphatic heterocycles. The third-order valence-corrected chi connectivity index (χ3v) is 11.2. The van der Waals surface area contributed by atoms with Gasteiger partial charge in [0.1, 0.15) is 17.2 Å². The second-order valence-electron chi connectivity index (χ2n) is 13.1. The maximum atomic E-state index is 11.4. The molecule has 55 heavy (non-hydrogen) atoms. The molecule has 3 unspecified atom stereocenters. The first-order valence-corrected chi connectivity index (χ1v) is 29.6. The number of hydrogen-bond acceptors (Lipinski definition) is 12. The van der Waals surface area contributed by atoms with Crippen LogP contribution in [0.5, 0.6) is 17.2 Å². The minimum atomic E-state index is -3.32. The summed E-state index contributed by atoms with van der Waals surface area (Å²) in [7, 11) is 0. The van der Waals surface area contributed by atoms with Gasteiger partial charge in [-0.05, 0) is 128 Å². The van der Waals surface area contributed by atoms with E-state index in [-0.39, 0.29) is 21.1 Å². The van der Waals surface area contributed by atoms with Gasteiger partial charge >= 0.3 is 0 Å². The zero-order valence-electron chi connectivity index (χ0n) is 33.6. The molecule has 3 rings (SSSR count). The zero-order chi connectivity index (χ0) is 41.3. The van der Waals surface area contributed by atoms with Crippen molar-refractivity contribution in [1.29, 1.82) is 0 Å². The van der Waals surface area contributed by atoms with Crippen molar-refractivity contribution in [3.8, 4) is 17.2 Å². The van der Waals surface area contributed by atoms with Gasteiger partial charge in [0.05, 0.1) is 0 Å². The van der Waals surface area contributed by atoms with Crippen molar-refractivity contribution in [3.05, 3.63) is 86.5 Å². The molecule has 0 radical (unpaired) electrons. The topological polar surface area (TPSA) is 96.9 Å². The van der Waals surface area contributed by atoms with Crippen LogP contribution in [0.4, 0.5) is 0 Å². The summed E-state index contributed by atoms with van der Waals surface area (Å²) in [5.41, 5.74) is 1.01. The van der Waals surface area contributed by atoms with E-state index in [1.54, 1.807) is 0 Å². The molecule has 0 aromatic heterocycles. The Kier molecular flexibility index (Phi) is 27.8. The van der Waals surface area contributed by atoms with Gasteiger partial charge in [0.2, 0.25) is 0 Å². The summed E-state index contributed by atoms with van der Waals surface area (Å²) in [6.07, 6.45) is 12.7. The van der Waals surface area contributed by atoms with Crippen molar-refractivity contribution in [3.63, 3.8) is 0 Å². The molecule has 0 saturated carbocycles. The summed E-state index contributed by atoms with van der Waals surface area (Å²) >= 11 is 28.0. The van der Waals surface area contributed by atoms with Gasteiger partial charge < -0.3 is 65.0 Å². The van der Waals surface area contributed by atoms with Crippen LogP contribution >= 0.6 is 17.1 Å². The van der Waals surface area contributed by atoms with E-state index in [9.17, 15) is 14.7 Å². The molecule has 0 saturated heterocycles. The van der Waals surface area contributed by atoms with Crippen molar-refractivity contribution in [2.75, 3.05) is 0 Å². The predicted octanol–water partition coefficient (Wildman–Crippen LogP) is 10.2. The van der Waals surface area contributed by atoms with Gasteiger partial charge in [0.25, 0.3) is 0 Å². The predicted molar refractivity (Wildman–Crippen MR) is 244 cm³/mol. The average Bonchev–Trinajstić information content (AvgIpc) is 3.05. The van der Waals surface area contributed by atoms with Crippen LogP contribution in [0.15, 0.2) is 36.4 Å². The summed E-state index contributed by atoms with van der Waals surface area (Å²) in [4.78, 5) is 34.3. The molecule has 0 fully saturated rings. The SMILES string of the molecule is CCCc1ccc(OP([O-])(=S)[S-])c(C)c1CCC.CCCc1ccc(OP([O-])(=S)[S-])c(C)c1CCC.CCCc1ccc(OP([O-])(=S)[S-])c(C)c1CCC.[Mo]. The van der Waals surface area contributed by atoms with Crippen LogP contribution in [-0.2, 0) is 132 Å². The summed E-state index contributed by atoms with van der Waals surface area (Å²) in [5, 5.41) is 0. The Morgan fingerprint density at radius 1 is 0.436 bits per heavy atom. The molecule has 0 spiro atoms. The standard InChI is InChI=1S/3C13H21O2PS2.Mo/c3*1-4-6-11-8-9-13(15-16(14,17)18)10(3)12(11)7-5-2;/h3*8-9H,4-7H2,1-3H3,(H2,14,17,18);/p-6. The smallest absolute Gasteiger partial charge is 0.122 e. The van der Waals surface area contributed by atoms with Gasteiger partial charge in [-0.1, -0.05) is 151 Å². The van der Waals surface area contributed by atoms with Crippen molar-refractivity contribution >= 4 is 89.2 Å². The second kappa shape index (κ2) is 27.5. The third kappa shape index (κ3) is 21.1. The molecule has 0 N–H and O–H groups in total. The maximum absolute atomic E-state index is 11.4. The minimum Gasteiger partial charge on any atom is -0.809 e. The largest absolute Gasteiger partial charge is 0.809 e. The molecule has 0 heterocycles. The Morgan fingerprint density at radius 3 is 0.800 bits per heavy atom. The Morgan fingerprint density at radius 2 is 0.636 bits per heavy atom. The third-order valence-electron chi connectivity index (χ3n) is 8.63. The zero-order valence-corrected chi connectivity index (χ0v) is 43.2. The fourth-order valence-electron chi connectivity index (χ4n) is 6.34. The normalized spacial score (nSPS) is 14.0. The van der Waals surface area contributed by atoms with E-state index in [4.69, 9.17) is 13.6 Å². The summed E-state index contributed by atoms with van der Waals surface area (Å²) < 4.78 is 15.7. The molecular formula is C39H57MoO6P3S6-6. The molecular weight excluding hydrogens is 946 g/mol. The van der Waals surface area contributed by atoms with Crippen molar-refractivity contribution in [1.82, 2.24) is 0 Å². The monoisotopic (exact) mass is 1000 g/mol. The molecule has 6 nitrogen and oxygen atoms in total. The Bertz CT molecular complexity index is 1570. The van der Waals surface area contributed by atoms with E-state index < -0.39 is 17.1 Å². The van der Waals surface area contributed by atoms with Crippen LogP contribution in [0.1, 0.15) is 130 Å². The molecule has 3 aromatic carbocycles. The van der Waals surface area contributed by atoms with Crippen LogP contribution < -0.4 is 28.3 Å². The van der Waals surface area contributed by atoms with Crippen molar-refractivity contribution < 1.29 is 49.3 Å². The van der Waals surface area contributed by atoms with Crippen molar-refractivity contribution in [2.24, 2.45) is 0 Å². The molecule has 3 atom stereocenters. The number of hydrogen-bond donors (Lipinski definition) is 0. The van der Waals surface area contributed by atoms with E-state index in [2.05, 4.69) is 114 Å². The van der Waals surface area contributed by atoms with Crippen LogP contribution in [0.3, 0.4) is 0 Å². The molecule has 312 valence electrons. The Hall–Kier alpha value is 0.628. The van der Waals surface area contributed by atoms with Crippen LogP contribution in [0.2, 0.25) is 0 Å². The quantitative estimate of drug-likeness (QED) is 0.0690. The van der Waals surface area contributed by atoms with Gasteiger partial charge in [-0.25, -0.2) is 0 Å². The van der Waals surface area contributed by atoms with E-state index in [0.717, 1.165) is 93.7 Å². The van der Waals surface area contributed by atoms with Gasteiger partial charge in [-0.15, -0.1) is 0 Å². The average molecular weight is 1000 g/mol. The van der Waals surface area contributed by atoms with Gasteiger partial charge in [0.15, 0.2) is 0 Å². The molecule has 0 aliphatic rings. The molecule has 0 aliphatic carbocycles. The van der Waals surface area contributed by atoms with Crippen LogP contribution in [0, 0.1) is 20.8 Å². The Balaban J connectivity index is 0.000000788. The summed E-state index contributed by atoms with van der Waals surface area (Å²) in [6, 6.07) is 11.6. The molecule has 3 aromatic rings. The second-order valence-corrected chi connectivity index (χ2v) is 27.1. The molecule has 16 heteroatoms. The summed E-state index contributed by atoms with van der Waals surface area (Å²) in [6.45, 7) is 18.9. The fourth-order valence-corrected chi connectivity index (χ4v) is 9.10. The number of aryl methyl sites for hydroxylation is 3. The maximum Gasteiger partial charge on any atom is 0.122 e. The number of benzene rings is 3. The van der Waals surface area contributed by atoms with E-state index >= 15 is 0 Å². The Labute approximate surface area is 378 Å². The van der Waals surface area contributed by atoms with Gasteiger partial charge in [-0.3, -0.25) is 0 Å². The van der Waals surface area contributed by atoms with E-state index in [1.165, 1.54) is 33.4 Å². The van der Waals surface area contributed by atoms with E-state index in [0.29, 0.717) is 17.2 Å². The first kappa shape index (κ1) is 55.6. The summed E-state index contributed by atoms with van der Waals surface area (Å²) in [5.74, 6) is 1.73. The van der Waals surface area contributed by atoms with Crippen molar-refractivity contribution in [2.45, 2.75) is 139 Å². The first-order valence-electron chi connectivity index (χ1n) is 18.6.